The Kier molecular flexibility index (Phi) is 4.00. The summed E-state index contributed by atoms with van der Waals surface area (Å²) < 4.78 is 18.2. The molecule has 0 aromatic heterocycles. The van der Waals surface area contributed by atoms with Crippen LogP contribution in [0.2, 0.25) is 5.02 Å². The van der Waals surface area contributed by atoms with Crippen LogP contribution in [0.15, 0.2) is 30.3 Å². The molecular weight excluding hydrogens is 323 g/mol. The molecule has 1 aliphatic heterocycles. The summed E-state index contributed by atoms with van der Waals surface area (Å²) in [6.45, 7) is 0. The van der Waals surface area contributed by atoms with Gasteiger partial charge in [-0.1, -0.05) is 23.7 Å². The summed E-state index contributed by atoms with van der Waals surface area (Å²) in [5, 5.41) is 15.9. The summed E-state index contributed by atoms with van der Waals surface area (Å²) in [6.07, 6.45) is 0.363. The molecule has 0 fully saturated rings. The molecule has 1 unspecified atom stereocenters. The zero-order valence-corrected chi connectivity index (χ0v) is 12.9. The maximum Gasteiger partial charge on any atom is 0.339 e. The molecular formula is C16H14ClFN2O3. The number of methoxy groups -OCH3 is 1. The summed E-state index contributed by atoms with van der Waals surface area (Å²) in [5.41, 5.74) is 2.04. The minimum atomic E-state index is -1.12. The lowest BCUT2D eigenvalue weighted by Gasteiger charge is -2.13. The molecule has 0 aliphatic carbocycles. The Balaban J connectivity index is 1.89. The maximum absolute atomic E-state index is 13.0. The summed E-state index contributed by atoms with van der Waals surface area (Å²) >= 11 is 6.17. The second-order valence-corrected chi connectivity index (χ2v) is 5.57. The predicted molar refractivity (Wildman–Crippen MR) is 86.1 cm³/mol. The highest BCUT2D eigenvalue weighted by molar-refractivity contribution is 6.35. The Labute approximate surface area is 137 Å². The molecule has 3 N–H and O–H groups in total. The van der Waals surface area contributed by atoms with E-state index in [0.717, 1.165) is 5.56 Å². The van der Waals surface area contributed by atoms with E-state index in [0.29, 0.717) is 22.8 Å². The van der Waals surface area contributed by atoms with Crippen LogP contribution >= 0.6 is 11.6 Å². The number of nitrogens with one attached hydrogen (secondary N) is 2. The van der Waals surface area contributed by atoms with Crippen LogP contribution in [0.3, 0.4) is 0 Å². The van der Waals surface area contributed by atoms with Crippen molar-refractivity contribution in [2.75, 3.05) is 17.7 Å². The van der Waals surface area contributed by atoms with Gasteiger partial charge in [0.05, 0.1) is 17.8 Å². The number of carboxylic acids is 1. The maximum atomic E-state index is 13.0. The number of carboxylic acid groups (broad SMARTS) is 1. The van der Waals surface area contributed by atoms with Crippen molar-refractivity contribution in [1.82, 2.24) is 0 Å². The quantitative estimate of drug-likeness (QED) is 0.796. The van der Waals surface area contributed by atoms with Crippen molar-refractivity contribution in [3.8, 4) is 5.75 Å². The van der Waals surface area contributed by atoms with E-state index in [1.54, 1.807) is 12.1 Å². The molecule has 7 heteroatoms. The fourth-order valence-corrected chi connectivity index (χ4v) is 2.88. The van der Waals surface area contributed by atoms with Crippen LogP contribution < -0.4 is 15.4 Å². The smallest absolute Gasteiger partial charge is 0.339 e. The van der Waals surface area contributed by atoms with Crippen molar-refractivity contribution in [3.05, 3.63) is 52.3 Å². The van der Waals surface area contributed by atoms with Crippen molar-refractivity contribution in [3.63, 3.8) is 0 Å². The minimum absolute atomic E-state index is 0.00650. The standard InChI is InChI=1S/C16H14ClFN2O3/c1-23-15-10(16(21)22)7-11(17)13-14(15)20-12(19-13)6-8-2-4-9(18)5-3-8/h2-5,7,12,19-20H,6H2,1H3,(H,21,22). The van der Waals surface area contributed by atoms with Gasteiger partial charge in [-0.05, 0) is 23.8 Å². The van der Waals surface area contributed by atoms with Crippen LogP contribution in [0.1, 0.15) is 15.9 Å². The second-order valence-electron chi connectivity index (χ2n) is 5.17. The van der Waals surface area contributed by atoms with E-state index in [-0.39, 0.29) is 23.3 Å². The Hall–Kier alpha value is -2.47. The molecule has 2 aromatic carbocycles. The van der Waals surface area contributed by atoms with Crippen LogP contribution in [0.4, 0.5) is 15.8 Å². The van der Waals surface area contributed by atoms with Gasteiger partial charge in [-0.15, -0.1) is 0 Å². The largest absolute Gasteiger partial charge is 0.494 e. The molecule has 23 heavy (non-hydrogen) atoms. The van der Waals surface area contributed by atoms with Gasteiger partial charge in [-0.2, -0.15) is 0 Å². The average molecular weight is 337 g/mol. The topological polar surface area (TPSA) is 70.6 Å². The predicted octanol–water partition coefficient (Wildman–Crippen LogP) is 3.59. The van der Waals surface area contributed by atoms with Crippen LogP contribution in [0.5, 0.6) is 5.75 Å². The van der Waals surface area contributed by atoms with Gasteiger partial charge in [0.25, 0.3) is 0 Å². The van der Waals surface area contributed by atoms with Crippen molar-refractivity contribution < 1.29 is 19.0 Å². The highest BCUT2D eigenvalue weighted by Gasteiger charge is 2.29. The SMILES string of the molecule is COc1c(C(=O)O)cc(Cl)c2c1NC(Cc1ccc(F)cc1)N2. The lowest BCUT2D eigenvalue weighted by atomic mass is 10.1. The van der Waals surface area contributed by atoms with Crippen LogP contribution in [0.25, 0.3) is 0 Å². The van der Waals surface area contributed by atoms with E-state index < -0.39 is 5.97 Å². The number of carbonyl (C=O) groups is 1. The second kappa shape index (κ2) is 5.96. The highest BCUT2D eigenvalue weighted by Crippen LogP contribution is 2.45. The van der Waals surface area contributed by atoms with Gasteiger partial charge in [0, 0.05) is 6.42 Å². The Morgan fingerprint density at radius 3 is 2.57 bits per heavy atom. The zero-order valence-electron chi connectivity index (χ0n) is 12.2. The van der Waals surface area contributed by atoms with Gasteiger partial charge < -0.3 is 20.5 Å². The number of rotatable bonds is 4. The zero-order chi connectivity index (χ0) is 16.6. The highest BCUT2D eigenvalue weighted by atomic mass is 35.5. The van der Waals surface area contributed by atoms with Gasteiger partial charge in [0.2, 0.25) is 0 Å². The number of ether oxygens (including phenoxy) is 1. The molecule has 0 saturated heterocycles. The first-order chi connectivity index (χ1) is 11.0. The lowest BCUT2D eigenvalue weighted by molar-refractivity contribution is 0.0693. The first-order valence-corrected chi connectivity index (χ1v) is 7.28. The molecule has 1 aliphatic rings. The number of benzene rings is 2. The van der Waals surface area contributed by atoms with E-state index in [4.69, 9.17) is 16.3 Å². The number of fused-ring (bicyclic) bond motifs is 1. The summed E-state index contributed by atoms with van der Waals surface area (Å²) in [4.78, 5) is 11.3. The molecule has 1 heterocycles. The summed E-state index contributed by atoms with van der Waals surface area (Å²) in [7, 11) is 1.41. The fraction of sp³-hybridized carbons (Fsp3) is 0.188. The normalized spacial score (nSPS) is 15.5. The van der Waals surface area contributed by atoms with Gasteiger partial charge in [0.15, 0.2) is 5.75 Å². The minimum Gasteiger partial charge on any atom is -0.494 e. The van der Waals surface area contributed by atoms with Gasteiger partial charge >= 0.3 is 5.97 Å². The fourth-order valence-electron chi connectivity index (χ4n) is 2.62. The molecule has 2 aromatic rings. The van der Waals surface area contributed by atoms with E-state index in [9.17, 15) is 14.3 Å². The number of hydrogen-bond donors (Lipinski definition) is 3. The van der Waals surface area contributed by atoms with Crippen LogP contribution in [-0.2, 0) is 6.42 Å². The van der Waals surface area contributed by atoms with E-state index in [1.165, 1.54) is 25.3 Å². The van der Waals surface area contributed by atoms with Gasteiger partial charge in [-0.25, -0.2) is 9.18 Å². The number of hydrogen-bond acceptors (Lipinski definition) is 4. The monoisotopic (exact) mass is 336 g/mol. The van der Waals surface area contributed by atoms with Crippen LogP contribution in [-0.4, -0.2) is 24.4 Å². The molecule has 5 nitrogen and oxygen atoms in total. The Bertz CT molecular complexity index is 765. The number of halogens is 2. The Morgan fingerprint density at radius 1 is 1.30 bits per heavy atom. The summed E-state index contributed by atoms with van der Waals surface area (Å²) in [5.74, 6) is -1.18. The van der Waals surface area contributed by atoms with Crippen LogP contribution in [0, 0.1) is 5.82 Å². The van der Waals surface area contributed by atoms with Crippen molar-refractivity contribution in [1.29, 1.82) is 0 Å². The third-order valence-corrected chi connectivity index (χ3v) is 3.95. The summed E-state index contributed by atoms with van der Waals surface area (Å²) in [6, 6.07) is 7.55. The third-order valence-electron chi connectivity index (χ3n) is 3.66. The average Bonchev–Trinajstić information content (AvgIpc) is 2.93. The third kappa shape index (κ3) is 2.90. The Morgan fingerprint density at radius 2 is 1.96 bits per heavy atom. The van der Waals surface area contributed by atoms with Crippen molar-refractivity contribution in [2.45, 2.75) is 12.6 Å². The van der Waals surface area contributed by atoms with E-state index >= 15 is 0 Å². The van der Waals surface area contributed by atoms with Crippen molar-refractivity contribution in [2.24, 2.45) is 0 Å². The van der Waals surface area contributed by atoms with E-state index in [2.05, 4.69) is 10.6 Å². The number of aromatic carboxylic acids is 1. The molecule has 0 amide bonds. The van der Waals surface area contributed by atoms with Gasteiger partial charge in [-0.3, -0.25) is 0 Å². The molecule has 0 bridgehead atoms. The van der Waals surface area contributed by atoms with E-state index in [1.807, 2.05) is 0 Å². The molecule has 1 atom stereocenters. The lowest BCUT2D eigenvalue weighted by Crippen LogP contribution is -2.24. The van der Waals surface area contributed by atoms with Gasteiger partial charge in [0.1, 0.15) is 23.2 Å². The molecule has 120 valence electrons. The number of anilines is 2. The first-order valence-electron chi connectivity index (χ1n) is 6.91. The molecule has 0 radical (unpaired) electrons. The molecule has 3 rings (SSSR count). The van der Waals surface area contributed by atoms with Crippen molar-refractivity contribution >= 4 is 28.9 Å². The molecule has 0 saturated carbocycles. The molecule has 0 spiro atoms. The first kappa shape index (κ1) is 15.4.